The predicted molar refractivity (Wildman–Crippen MR) is 72.9 cm³/mol. The maximum Gasteiger partial charge on any atom is 0.0932 e. The smallest absolute Gasteiger partial charge is 0.0932 e. The van der Waals surface area contributed by atoms with Crippen LogP contribution in [0.2, 0.25) is 0 Å². The third-order valence-corrected chi connectivity index (χ3v) is 3.19. The van der Waals surface area contributed by atoms with E-state index in [-0.39, 0.29) is 6.10 Å². The van der Waals surface area contributed by atoms with E-state index in [1.54, 1.807) is 7.11 Å². The summed E-state index contributed by atoms with van der Waals surface area (Å²) in [6.07, 6.45) is 2.41. The first kappa shape index (κ1) is 15.9. The maximum absolute atomic E-state index is 5.96. The molecule has 18 heavy (non-hydrogen) atoms. The van der Waals surface area contributed by atoms with Gasteiger partial charge in [0.1, 0.15) is 0 Å². The summed E-state index contributed by atoms with van der Waals surface area (Å²) >= 11 is 0. The highest BCUT2D eigenvalue weighted by Crippen LogP contribution is 2.15. The second kappa shape index (κ2) is 9.73. The molecule has 0 aromatic carbocycles. The minimum Gasteiger partial charge on any atom is -0.382 e. The van der Waals surface area contributed by atoms with Crippen LogP contribution in [0.1, 0.15) is 26.7 Å². The lowest BCUT2D eigenvalue weighted by Gasteiger charge is -2.25. The van der Waals surface area contributed by atoms with E-state index in [2.05, 4.69) is 19.2 Å². The first-order valence-electron chi connectivity index (χ1n) is 7.11. The number of nitrogens with one attached hydrogen (secondary N) is 1. The van der Waals surface area contributed by atoms with Gasteiger partial charge in [0, 0.05) is 26.9 Å². The number of methoxy groups -OCH3 is 1. The molecule has 108 valence electrons. The van der Waals surface area contributed by atoms with Gasteiger partial charge < -0.3 is 19.5 Å². The standard InChI is InChI=1S/C14H29NO3/c1-12(2)8-15-9-14(11-16-3)18-10-13-4-6-17-7-5-13/h12-15H,4-11H2,1-3H3. The van der Waals surface area contributed by atoms with Crippen LogP contribution in [-0.2, 0) is 14.2 Å². The van der Waals surface area contributed by atoms with Crippen molar-refractivity contribution in [1.82, 2.24) is 5.32 Å². The van der Waals surface area contributed by atoms with Crippen LogP contribution in [0.5, 0.6) is 0 Å². The van der Waals surface area contributed by atoms with E-state index in [1.165, 1.54) is 0 Å². The zero-order valence-corrected chi connectivity index (χ0v) is 12.1. The lowest BCUT2D eigenvalue weighted by atomic mass is 10.0. The summed E-state index contributed by atoms with van der Waals surface area (Å²) in [5.74, 6) is 1.33. The topological polar surface area (TPSA) is 39.7 Å². The van der Waals surface area contributed by atoms with Crippen LogP contribution in [0, 0.1) is 11.8 Å². The van der Waals surface area contributed by atoms with Crippen LogP contribution in [0.3, 0.4) is 0 Å². The van der Waals surface area contributed by atoms with E-state index in [4.69, 9.17) is 14.2 Å². The molecule has 1 unspecified atom stereocenters. The lowest BCUT2D eigenvalue weighted by Crippen LogP contribution is -2.36. The normalized spacial score (nSPS) is 19.3. The first-order chi connectivity index (χ1) is 8.72. The van der Waals surface area contributed by atoms with Crippen molar-refractivity contribution in [3.8, 4) is 0 Å². The Morgan fingerprint density at radius 2 is 1.94 bits per heavy atom. The van der Waals surface area contributed by atoms with Crippen molar-refractivity contribution in [2.45, 2.75) is 32.8 Å². The molecule has 0 radical (unpaired) electrons. The fourth-order valence-corrected chi connectivity index (χ4v) is 2.07. The van der Waals surface area contributed by atoms with E-state index in [1.807, 2.05) is 0 Å². The summed E-state index contributed by atoms with van der Waals surface area (Å²) < 4.78 is 16.5. The summed E-state index contributed by atoms with van der Waals surface area (Å²) in [7, 11) is 1.73. The summed E-state index contributed by atoms with van der Waals surface area (Å²) in [6, 6.07) is 0. The van der Waals surface area contributed by atoms with E-state index in [9.17, 15) is 0 Å². The van der Waals surface area contributed by atoms with Crippen molar-refractivity contribution in [1.29, 1.82) is 0 Å². The van der Waals surface area contributed by atoms with Gasteiger partial charge in [-0.3, -0.25) is 0 Å². The van der Waals surface area contributed by atoms with Crippen molar-refractivity contribution in [3.05, 3.63) is 0 Å². The molecule has 1 aliphatic heterocycles. The predicted octanol–water partition coefficient (Wildman–Crippen LogP) is 1.69. The molecule has 1 aliphatic rings. The summed E-state index contributed by atoms with van der Waals surface area (Å²) in [4.78, 5) is 0. The minimum atomic E-state index is 0.164. The highest BCUT2D eigenvalue weighted by Gasteiger charge is 2.16. The highest BCUT2D eigenvalue weighted by atomic mass is 16.5. The van der Waals surface area contributed by atoms with Gasteiger partial charge >= 0.3 is 0 Å². The van der Waals surface area contributed by atoms with Crippen molar-refractivity contribution in [3.63, 3.8) is 0 Å². The zero-order chi connectivity index (χ0) is 13.2. The Balaban J connectivity index is 2.15. The molecular formula is C14H29NO3. The Labute approximate surface area is 111 Å². The third-order valence-electron chi connectivity index (χ3n) is 3.19. The molecular weight excluding hydrogens is 230 g/mol. The molecule has 0 amide bonds. The molecule has 1 heterocycles. The summed E-state index contributed by atoms with van der Waals surface area (Å²) in [5, 5.41) is 3.43. The minimum absolute atomic E-state index is 0.164. The molecule has 1 N–H and O–H groups in total. The average molecular weight is 259 g/mol. The monoisotopic (exact) mass is 259 g/mol. The summed E-state index contributed by atoms with van der Waals surface area (Å²) in [5.41, 5.74) is 0. The first-order valence-corrected chi connectivity index (χ1v) is 7.11. The van der Waals surface area contributed by atoms with Crippen molar-refractivity contribution in [2.24, 2.45) is 11.8 Å². The molecule has 0 bridgehead atoms. The molecule has 0 aromatic rings. The molecule has 1 atom stereocenters. The van der Waals surface area contributed by atoms with Crippen LogP contribution in [0.25, 0.3) is 0 Å². The SMILES string of the molecule is COCC(CNCC(C)C)OCC1CCOCC1. The zero-order valence-electron chi connectivity index (χ0n) is 12.1. The highest BCUT2D eigenvalue weighted by molar-refractivity contribution is 4.66. The molecule has 4 nitrogen and oxygen atoms in total. The average Bonchev–Trinajstić information content (AvgIpc) is 2.37. The van der Waals surface area contributed by atoms with E-state index >= 15 is 0 Å². The van der Waals surface area contributed by atoms with Gasteiger partial charge in [-0.2, -0.15) is 0 Å². The Morgan fingerprint density at radius 1 is 1.22 bits per heavy atom. The fraction of sp³-hybridized carbons (Fsp3) is 1.00. The third kappa shape index (κ3) is 7.31. The maximum atomic E-state index is 5.96. The number of ether oxygens (including phenoxy) is 3. The van der Waals surface area contributed by atoms with Gasteiger partial charge in [0.15, 0.2) is 0 Å². The van der Waals surface area contributed by atoms with E-state index in [0.717, 1.165) is 45.8 Å². The Morgan fingerprint density at radius 3 is 2.56 bits per heavy atom. The largest absolute Gasteiger partial charge is 0.382 e. The Kier molecular flexibility index (Phi) is 8.59. The molecule has 0 aliphatic carbocycles. The molecule has 4 heteroatoms. The van der Waals surface area contributed by atoms with Crippen molar-refractivity contribution in [2.75, 3.05) is 46.6 Å². The van der Waals surface area contributed by atoms with E-state index < -0.39 is 0 Å². The van der Waals surface area contributed by atoms with Gasteiger partial charge in [0.05, 0.1) is 19.3 Å². The number of hydrogen-bond donors (Lipinski definition) is 1. The van der Waals surface area contributed by atoms with Gasteiger partial charge in [-0.15, -0.1) is 0 Å². The molecule has 0 saturated carbocycles. The van der Waals surface area contributed by atoms with Crippen molar-refractivity contribution >= 4 is 0 Å². The lowest BCUT2D eigenvalue weighted by molar-refractivity contribution is -0.0369. The van der Waals surface area contributed by atoms with Crippen LogP contribution in [0.4, 0.5) is 0 Å². The molecule has 1 saturated heterocycles. The quantitative estimate of drug-likeness (QED) is 0.684. The second-order valence-corrected chi connectivity index (χ2v) is 5.52. The van der Waals surface area contributed by atoms with Crippen LogP contribution in [0.15, 0.2) is 0 Å². The number of hydrogen-bond acceptors (Lipinski definition) is 4. The Hall–Kier alpha value is -0.160. The Bertz CT molecular complexity index is 193. The van der Waals surface area contributed by atoms with Gasteiger partial charge in [0.2, 0.25) is 0 Å². The molecule has 1 rings (SSSR count). The second-order valence-electron chi connectivity index (χ2n) is 5.52. The van der Waals surface area contributed by atoms with Crippen LogP contribution >= 0.6 is 0 Å². The van der Waals surface area contributed by atoms with Crippen molar-refractivity contribution < 1.29 is 14.2 Å². The number of rotatable bonds is 9. The molecule has 0 spiro atoms. The van der Waals surface area contributed by atoms with E-state index in [0.29, 0.717) is 18.4 Å². The van der Waals surface area contributed by atoms with Gasteiger partial charge in [0.25, 0.3) is 0 Å². The summed E-state index contributed by atoms with van der Waals surface area (Å²) in [6.45, 7) is 9.58. The molecule has 1 fully saturated rings. The van der Waals surface area contributed by atoms with Crippen LogP contribution in [-0.4, -0.2) is 52.7 Å². The molecule has 0 aromatic heterocycles. The van der Waals surface area contributed by atoms with Gasteiger partial charge in [-0.25, -0.2) is 0 Å². The van der Waals surface area contributed by atoms with Gasteiger partial charge in [-0.05, 0) is 31.2 Å². The fourth-order valence-electron chi connectivity index (χ4n) is 2.07. The van der Waals surface area contributed by atoms with Crippen LogP contribution < -0.4 is 5.32 Å². The van der Waals surface area contributed by atoms with Gasteiger partial charge in [-0.1, -0.05) is 13.8 Å².